The Hall–Kier alpha value is -2.28. The Bertz CT molecular complexity index is 844. The maximum absolute atomic E-state index is 12.5. The van der Waals surface area contributed by atoms with Gasteiger partial charge >= 0.3 is 0 Å². The van der Waals surface area contributed by atoms with Gasteiger partial charge < -0.3 is 14.6 Å². The Kier molecular flexibility index (Phi) is 6.55. The number of aromatic amines is 1. The van der Waals surface area contributed by atoms with Crippen molar-refractivity contribution in [2.45, 2.75) is 37.1 Å². The molecule has 1 aromatic carbocycles. The molecule has 0 unspecified atom stereocenters. The molecular weight excluding hydrogens is 362 g/mol. The van der Waals surface area contributed by atoms with Gasteiger partial charge in [-0.05, 0) is 36.5 Å². The van der Waals surface area contributed by atoms with Crippen LogP contribution >= 0.6 is 11.8 Å². The Balaban J connectivity index is 1.63. The Morgan fingerprint density at radius 2 is 2.11 bits per heavy atom. The summed E-state index contributed by atoms with van der Waals surface area (Å²) in [4.78, 5) is 33.6. The lowest BCUT2D eigenvalue weighted by molar-refractivity contribution is -0.131. The number of hydrogen-bond acceptors (Lipinski definition) is 5. The first-order valence-electron chi connectivity index (χ1n) is 9.17. The number of H-pyrrole nitrogens is 1. The molecule has 3 rings (SSSR count). The van der Waals surface area contributed by atoms with E-state index >= 15 is 0 Å². The summed E-state index contributed by atoms with van der Waals surface area (Å²) in [5.74, 6) is 2.17. The number of nitrogens with zero attached hydrogens (tertiary/aromatic N) is 2. The van der Waals surface area contributed by atoms with Crippen molar-refractivity contribution >= 4 is 17.7 Å². The molecule has 0 radical (unpaired) electrons. The molecule has 1 aliphatic heterocycles. The van der Waals surface area contributed by atoms with Gasteiger partial charge in [0.05, 0.1) is 19.2 Å². The number of methoxy groups -OCH3 is 1. The van der Waals surface area contributed by atoms with Crippen molar-refractivity contribution in [3.63, 3.8) is 0 Å². The lowest BCUT2D eigenvalue weighted by atomic mass is 9.99. The molecule has 1 saturated heterocycles. The zero-order valence-corrected chi connectivity index (χ0v) is 16.6. The van der Waals surface area contributed by atoms with Gasteiger partial charge in [-0.3, -0.25) is 9.59 Å². The summed E-state index contributed by atoms with van der Waals surface area (Å²) in [6.45, 7) is 3.80. The summed E-state index contributed by atoms with van der Waals surface area (Å²) in [6.07, 6.45) is 2.25. The summed E-state index contributed by atoms with van der Waals surface area (Å²) < 4.78 is 5.23. The van der Waals surface area contributed by atoms with Crippen LogP contribution in [0.1, 0.15) is 31.0 Å². The fraction of sp³-hybridized carbons (Fsp3) is 0.450. The first-order valence-corrected chi connectivity index (χ1v) is 10.2. The number of piperidine rings is 1. The summed E-state index contributed by atoms with van der Waals surface area (Å²) >= 11 is 1.44. The number of carbonyl (C=O) groups is 1. The number of amides is 1. The third-order valence-corrected chi connectivity index (χ3v) is 5.70. The first kappa shape index (κ1) is 19.5. The standard InChI is InChI=1S/C20H25N3O3S/c1-14-6-8-23(9-7-14)19(25)12-16-11-18(24)22-20(21-16)27-13-15-4-3-5-17(10-15)26-2/h3-5,10-11,14H,6-9,12-13H2,1-2H3,(H,21,22,24). The molecule has 27 heavy (non-hydrogen) atoms. The Morgan fingerprint density at radius 3 is 2.85 bits per heavy atom. The molecule has 2 heterocycles. The van der Waals surface area contributed by atoms with Gasteiger partial charge in [-0.25, -0.2) is 4.98 Å². The van der Waals surface area contributed by atoms with Crippen molar-refractivity contribution in [2.75, 3.05) is 20.2 Å². The number of rotatable bonds is 6. The van der Waals surface area contributed by atoms with Crippen molar-refractivity contribution in [2.24, 2.45) is 5.92 Å². The average Bonchev–Trinajstić information content (AvgIpc) is 2.66. The minimum Gasteiger partial charge on any atom is -0.497 e. The zero-order valence-electron chi connectivity index (χ0n) is 15.7. The highest BCUT2D eigenvalue weighted by Crippen LogP contribution is 2.22. The SMILES string of the molecule is COc1cccc(CSc2nc(CC(=O)N3CCC(C)CC3)cc(=O)[nH]2)c1. The van der Waals surface area contributed by atoms with Crippen LogP contribution in [0.25, 0.3) is 0 Å². The van der Waals surface area contributed by atoms with Crippen molar-refractivity contribution in [3.05, 3.63) is 51.9 Å². The number of aromatic nitrogens is 2. The van der Waals surface area contributed by atoms with Crippen LogP contribution in [-0.2, 0) is 17.0 Å². The van der Waals surface area contributed by atoms with Gasteiger partial charge in [-0.15, -0.1) is 0 Å². The van der Waals surface area contributed by atoms with Crippen LogP contribution in [0.5, 0.6) is 5.75 Å². The molecular formula is C20H25N3O3S. The minimum absolute atomic E-state index is 0.0451. The van der Waals surface area contributed by atoms with Crippen LogP contribution in [0.4, 0.5) is 0 Å². The Morgan fingerprint density at radius 1 is 1.33 bits per heavy atom. The molecule has 7 heteroatoms. The van der Waals surface area contributed by atoms with Gasteiger partial charge in [0.2, 0.25) is 5.91 Å². The molecule has 6 nitrogen and oxygen atoms in total. The van der Waals surface area contributed by atoms with E-state index in [1.54, 1.807) is 7.11 Å². The number of hydrogen-bond donors (Lipinski definition) is 1. The lowest BCUT2D eigenvalue weighted by Crippen LogP contribution is -2.39. The predicted octanol–water partition coefficient (Wildman–Crippen LogP) is 2.87. The molecule has 0 aliphatic carbocycles. The fourth-order valence-electron chi connectivity index (χ4n) is 3.08. The zero-order chi connectivity index (χ0) is 19.2. The predicted molar refractivity (Wildman–Crippen MR) is 106 cm³/mol. The fourth-order valence-corrected chi connectivity index (χ4v) is 3.92. The van der Waals surface area contributed by atoms with E-state index in [0.29, 0.717) is 22.5 Å². The number of likely N-dealkylation sites (tertiary alicyclic amines) is 1. The monoisotopic (exact) mass is 387 g/mol. The van der Waals surface area contributed by atoms with Gasteiger partial charge in [0.1, 0.15) is 5.75 Å². The molecule has 0 spiro atoms. The largest absolute Gasteiger partial charge is 0.497 e. The molecule has 144 valence electrons. The molecule has 1 N–H and O–H groups in total. The van der Waals surface area contributed by atoms with Crippen LogP contribution in [0, 0.1) is 5.92 Å². The molecule has 0 atom stereocenters. The third-order valence-electron chi connectivity index (χ3n) is 4.75. The van der Waals surface area contributed by atoms with Gasteiger partial charge in [-0.1, -0.05) is 30.8 Å². The lowest BCUT2D eigenvalue weighted by Gasteiger charge is -2.30. The molecule has 0 saturated carbocycles. The van der Waals surface area contributed by atoms with E-state index < -0.39 is 0 Å². The molecule has 1 fully saturated rings. The molecule has 1 aromatic heterocycles. The summed E-state index contributed by atoms with van der Waals surface area (Å²) in [6, 6.07) is 9.19. The van der Waals surface area contributed by atoms with Gasteiger partial charge in [0.25, 0.3) is 5.56 Å². The van der Waals surface area contributed by atoms with Crippen molar-refractivity contribution < 1.29 is 9.53 Å². The van der Waals surface area contributed by atoms with E-state index in [2.05, 4.69) is 16.9 Å². The number of benzene rings is 1. The molecule has 1 aliphatic rings. The van der Waals surface area contributed by atoms with E-state index in [0.717, 1.165) is 37.2 Å². The number of nitrogens with one attached hydrogen (secondary N) is 1. The molecule has 0 bridgehead atoms. The number of thioether (sulfide) groups is 1. The highest BCUT2D eigenvalue weighted by molar-refractivity contribution is 7.98. The van der Waals surface area contributed by atoms with Crippen LogP contribution < -0.4 is 10.3 Å². The normalized spacial score (nSPS) is 15.0. The van der Waals surface area contributed by atoms with Gasteiger partial charge in [-0.2, -0.15) is 0 Å². The second-order valence-electron chi connectivity index (χ2n) is 6.92. The maximum Gasteiger partial charge on any atom is 0.251 e. The Labute approximate surface area is 163 Å². The highest BCUT2D eigenvalue weighted by Gasteiger charge is 2.21. The van der Waals surface area contributed by atoms with E-state index in [9.17, 15) is 9.59 Å². The van der Waals surface area contributed by atoms with E-state index in [-0.39, 0.29) is 17.9 Å². The summed E-state index contributed by atoms with van der Waals surface area (Å²) in [7, 11) is 1.63. The van der Waals surface area contributed by atoms with Crippen LogP contribution in [0.15, 0.2) is 40.3 Å². The number of ether oxygens (including phenoxy) is 1. The highest BCUT2D eigenvalue weighted by atomic mass is 32.2. The van der Waals surface area contributed by atoms with Crippen molar-refractivity contribution in [1.82, 2.24) is 14.9 Å². The summed E-state index contributed by atoms with van der Waals surface area (Å²) in [5, 5.41) is 0.528. The van der Waals surface area contributed by atoms with Crippen molar-refractivity contribution in [1.29, 1.82) is 0 Å². The minimum atomic E-state index is -0.229. The van der Waals surface area contributed by atoms with Crippen molar-refractivity contribution in [3.8, 4) is 5.75 Å². The first-order chi connectivity index (χ1) is 13.0. The smallest absolute Gasteiger partial charge is 0.251 e. The van der Waals surface area contributed by atoms with Crippen LogP contribution in [0.2, 0.25) is 0 Å². The number of carbonyl (C=O) groups excluding carboxylic acids is 1. The molecule has 2 aromatic rings. The second kappa shape index (κ2) is 9.08. The third kappa shape index (κ3) is 5.60. The van der Waals surface area contributed by atoms with E-state index in [4.69, 9.17) is 4.74 Å². The van der Waals surface area contributed by atoms with Crippen LogP contribution in [0.3, 0.4) is 0 Å². The summed E-state index contributed by atoms with van der Waals surface area (Å²) in [5.41, 5.74) is 1.37. The van der Waals surface area contributed by atoms with Gasteiger partial charge in [0.15, 0.2) is 5.16 Å². The topological polar surface area (TPSA) is 75.3 Å². The quantitative estimate of drug-likeness (QED) is 0.609. The molecule has 1 amide bonds. The van der Waals surface area contributed by atoms with Gasteiger partial charge in [0, 0.05) is 24.9 Å². The second-order valence-corrected chi connectivity index (χ2v) is 7.89. The van der Waals surface area contributed by atoms with Crippen LogP contribution in [-0.4, -0.2) is 41.0 Å². The maximum atomic E-state index is 12.5. The van der Waals surface area contributed by atoms with E-state index in [1.807, 2.05) is 29.2 Å². The van der Waals surface area contributed by atoms with E-state index in [1.165, 1.54) is 17.8 Å². The average molecular weight is 388 g/mol.